The Balaban J connectivity index is 1.34. The van der Waals surface area contributed by atoms with Gasteiger partial charge in [-0.2, -0.15) is 22.7 Å². The summed E-state index contributed by atoms with van der Waals surface area (Å²) in [5.41, 5.74) is -0.0511. The van der Waals surface area contributed by atoms with Crippen molar-refractivity contribution < 1.29 is 32.6 Å². The summed E-state index contributed by atoms with van der Waals surface area (Å²) in [5.74, 6) is -0.754. The second-order valence-electron chi connectivity index (χ2n) is 11.5. The molecule has 0 bridgehead atoms. The number of aromatic hydroxyl groups is 1. The molecule has 6 rings (SSSR count). The number of carbonyl (C=O) groups is 2. The number of anilines is 3. The van der Waals surface area contributed by atoms with Gasteiger partial charge in [0.2, 0.25) is 17.6 Å². The van der Waals surface area contributed by atoms with Crippen molar-refractivity contribution in [2.24, 2.45) is 0 Å². The molecular formula is C31H34F3N9O5. The number of halogens is 3. The van der Waals surface area contributed by atoms with Gasteiger partial charge in [-0.3, -0.25) is 14.4 Å². The molecule has 0 unspecified atom stereocenters. The van der Waals surface area contributed by atoms with E-state index in [9.17, 15) is 32.7 Å². The Bertz CT molecular complexity index is 1910. The third kappa shape index (κ3) is 6.36. The van der Waals surface area contributed by atoms with Crippen LogP contribution in [0.15, 0.2) is 41.3 Å². The fourth-order valence-electron chi connectivity index (χ4n) is 5.97. The highest BCUT2D eigenvalue weighted by molar-refractivity contribution is 5.95. The van der Waals surface area contributed by atoms with Gasteiger partial charge in [0.25, 0.3) is 11.5 Å². The number of aryl methyl sites for hydroxylation is 1. The van der Waals surface area contributed by atoms with Crippen LogP contribution in [0.25, 0.3) is 5.78 Å². The normalized spacial score (nSPS) is 15.6. The number of carbonyl (C=O) groups excluding carboxylic acids is 2. The highest BCUT2D eigenvalue weighted by atomic mass is 19.4. The fraction of sp³-hybridized carbons (Fsp3) is 0.419. The van der Waals surface area contributed by atoms with Crippen LogP contribution in [0.3, 0.4) is 0 Å². The number of fused-ring (bicyclic) bond motifs is 1. The van der Waals surface area contributed by atoms with Gasteiger partial charge in [-0.15, -0.1) is 5.10 Å². The number of amides is 2. The molecule has 254 valence electrons. The summed E-state index contributed by atoms with van der Waals surface area (Å²) in [7, 11) is 0. The number of alkyl halides is 3. The summed E-state index contributed by atoms with van der Waals surface area (Å²) in [6, 6.07) is 6.00. The molecule has 4 aromatic rings. The Kier molecular flexibility index (Phi) is 8.96. The number of ether oxygens (including phenoxy) is 1. The lowest BCUT2D eigenvalue weighted by Crippen LogP contribution is -2.51. The summed E-state index contributed by atoms with van der Waals surface area (Å²) in [6.07, 6.45) is -2.77. The third-order valence-electron chi connectivity index (χ3n) is 8.44. The van der Waals surface area contributed by atoms with E-state index in [0.717, 1.165) is 12.1 Å². The van der Waals surface area contributed by atoms with Crippen molar-refractivity contribution >= 4 is 34.9 Å². The number of morpholine rings is 1. The standard InChI is InChI=1S/C31H34F3N9O5/c1-3-22-26(39-9-11-40(12-10-39)27(46)25-23(44)5-4-8-35-25)28(47)43-30(37-29(38-43)41-13-15-48-16-14-41)42(22)18-24(45)36-21-7-6-20(17-19(21)2)31(32,33)34/h4-8,17,44H,3,9-16,18H2,1-2H3,(H,36,45). The summed E-state index contributed by atoms with van der Waals surface area (Å²) in [6.45, 7) is 5.96. The lowest BCUT2D eigenvalue weighted by molar-refractivity contribution is -0.137. The minimum absolute atomic E-state index is 0.0588. The van der Waals surface area contributed by atoms with E-state index in [1.807, 2.05) is 16.7 Å². The van der Waals surface area contributed by atoms with Gasteiger partial charge in [0.1, 0.15) is 18.0 Å². The zero-order chi connectivity index (χ0) is 34.2. The molecule has 2 fully saturated rings. The first-order valence-corrected chi connectivity index (χ1v) is 15.5. The number of nitrogens with zero attached hydrogens (tertiary/aromatic N) is 8. The van der Waals surface area contributed by atoms with Crippen LogP contribution < -0.4 is 20.7 Å². The van der Waals surface area contributed by atoms with Crippen molar-refractivity contribution in [2.75, 3.05) is 67.6 Å². The number of nitrogens with one attached hydrogen (secondary N) is 1. The van der Waals surface area contributed by atoms with Crippen molar-refractivity contribution in [3.05, 3.63) is 69.4 Å². The number of rotatable bonds is 7. The number of piperazine rings is 1. The van der Waals surface area contributed by atoms with Crippen LogP contribution in [0.4, 0.5) is 30.5 Å². The summed E-state index contributed by atoms with van der Waals surface area (Å²) in [4.78, 5) is 54.6. The van der Waals surface area contributed by atoms with Gasteiger partial charge >= 0.3 is 6.18 Å². The Morgan fingerprint density at radius 3 is 2.42 bits per heavy atom. The van der Waals surface area contributed by atoms with E-state index in [1.54, 1.807) is 9.47 Å². The van der Waals surface area contributed by atoms with Crippen molar-refractivity contribution in [3.63, 3.8) is 0 Å². The average molecular weight is 670 g/mol. The largest absolute Gasteiger partial charge is 0.505 e. The predicted molar refractivity (Wildman–Crippen MR) is 168 cm³/mol. The minimum Gasteiger partial charge on any atom is -0.505 e. The van der Waals surface area contributed by atoms with Crippen LogP contribution in [0.2, 0.25) is 0 Å². The lowest BCUT2D eigenvalue weighted by atomic mass is 10.1. The second kappa shape index (κ2) is 13.1. The topological polar surface area (TPSA) is 150 Å². The first kappa shape index (κ1) is 32.7. The zero-order valence-electron chi connectivity index (χ0n) is 26.3. The lowest BCUT2D eigenvalue weighted by Gasteiger charge is -2.36. The molecule has 0 saturated carbocycles. The molecule has 2 aliphatic rings. The SMILES string of the molecule is CCc1c(N2CCN(C(=O)c3ncccc3O)CC2)c(=O)n2nc(N3CCOCC3)nc2n1CC(=O)Nc1ccc(C(F)(F)F)cc1C. The van der Waals surface area contributed by atoms with Crippen molar-refractivity contribution in [1.82, 2.24) is 29.0 Å². The Morgan fingerprint density at radius 2 is 1.77 bits per heavy atom. The smallest absolute Gasteiger partial charge is 0.416 e. The van der Waals surface area contributed by atoms with E-state index in [2.05, 4.69) is 20.4 Å². The molecule has 0 spiro atoms. The van der Waals surface area contributed by atoms with E-state index in [0.29, 0.717) is 50.1 Å². The molecule has 0 radical (unpaired) electrons. The summed E-state index contributed by atoms with van der Waals surface area (Å²) >= 11 is 0. The van der Waals surface area contributed by atoms with Gasteiger partial charge in [-0.25, -0.2) is 4.98 Å². The third-order valence-corrected chi connectivity index (χ3v) is 8.44. The van der Waals surface area contributed by atoms with Gasteiger partial charge < -0.3 is 34.4 Å². The molecule has 0 aliphatic carbocycles. The number of pyridine rings is 1. The molecule has 17 heteroatoms. The van der Waals surface area contributed by atoms with E-state index < -0.39 is 29.1 Å². The molecule has 2 aliphatic heterocycles. The van der Waals surface area contributed by atoms with Crippen LogP contribution in [0.5, 0.6) is 5.75 Å². The predicted octanol–water partition coefficient (Wildman–Crippen LogP) is 2.32. The minimum atomic E-state index is -4.52. The van der Waals surface area contributed by atoms with Crippen molar-refractivity contribution in [2.45, 2.75) is 33.0 Å². The number of benzene rings is 1. The zero-order valence-corrected chi connectivity index (χ0v) is 26.3. The Morgan fingerprint density at radius 1 is 1.04 bits per heavy atom. The van der Waals surface area contributed by atoms with Crippen LogP contribution in [0.1, 0.15) is 34.2 Å². The van der Waals surface area contributed by atoms with Gasteiger partial charge in [0, 0.05) is 51.2 Å². The molecule has 5 heterocycles. The molecule has 0 atom stereocenters. The maximum absolute atomic E-state index is 14.1. The fourth-order valence-corrected chi connectivity index (χ4v) is 5.97. The van der Waals surface area contributed by atoms with Crippen LogP contribution >= 0.6 is 0 Å². The number of aromatic nitrogens is 5. The second-order valence-corrected chi connectivity index (χ2v) is 11.5. The maximum atomic E-state index is 14.1. The monoisotopic (exact) mass is 669 g/mol. The van der Waals surface area contributed by atoms with Gasteiger partial charge in [0.15, 0.2) is 5.69 Å². The van der Waals surface area contributed by atoms with Gasteiger partial charge in [-0.05, 0) is 49.2 Å². The molecule has 2 N–H and O–H groups in total. The van der Waals surface area contributed by atoms with E-state index in [1.165, 1.54) is 35.8 Å². The molecule has 48 heavy (non-hydrogen) atoms. The highest BCUT2D eigenvalue weighted by Gasteiger charge is 2.32. The first-order chi connectivity index (χ1) is 23.0. The quantitative estimate of drug-likeness (QED) is 0.300. The van der Waals surface area contributed by atoms with Crippen molar-refractivity contribution in [3.8, 4) is 5.75 Å². The highest BCUT2D eigenvalue weighted by Crippen LogP contribution is 2.32. The number of hydrogen-bond donors (Lipinski definition) is 2. The van der Waals surface area contributed by atoms with Crippen LogP contribution in [-0.4, -0.2) is 98.5 Å². The molecular weight excluding hydrogens is 635 g/mol. The summed E-state index contributed by atoms with van der Waals surface area (Å²) < 4.78 is 47.9. The maximum Gasteiger partial charge on any atom is 0.416 e. The van der Waals surface area contributed by atoms with Gasteiger partial charge in [0.05, 0.1) is 24.5 Å². The van der Waals surface area contributed by atoms with E-state index in [-0.39, 0.29) is 61.2 Å². The van der Waals surface area contributed by atoms with Gasteiger partial charge in [-0.1, -0.05) is 6.92 Å². The number of hydrogen-bond acceptors (Lipinski definition) is 10. The van der Waals surface area contributed by atoms with Crippen LogP contribution in [0, 0.1) is 6.92 Å². The Hall–Kier alpha value is -5.19. The van der Waals surface area contributed by atoms with Crippen molar-refractivity contribution in [1.29, 1.82) is 0 Å². The molecule has 3 aromatic heterocycles. The summed E-state index contributed by atoms with van der Waals surface area (Å²) in [5, 5.41) is 17.4. The first-order valence-electron chi connectivity index (χ1n) is 15.5. The molecule has 14 nitrogen and oxygen atoms in total. The van der Waals surface area contributed by atoms with E-state index in [4.69, 9.17) is 4.74 Å². The van der Waals surface area contributed by atoms with E-state index >= 15 is 0 Å². The Labute approximate surface area is 272 Å². The molecule has 1 aromatic carbocycles. The van der Waals surface area contributed by atoms with Crippen LogP contribution in [-0.2, 0) is 28.7 Å². The molecule has 2 amide bonds. The molecule has 2 saturated heterocycles. The average Bonchev–Trinajstić information content (AvgIpc) is 3.53.